The highest BCUT2D eigenvalue weighted by atomic mass is 14.7. The fourth-order valence-electron chi connectivity index (χ4n) is 1.37. The lowest BCUT2D eigenvalue weighted by Gasteiger charge is -1.88. The number of para-hydroxylation sites is 1. The molecule has 0 amide bonds. The SMILES string of the molecule is C/[C]=C\c1c[nH]c2ccccc12. The van der Waals surface area contributed by atoms with E-state index in [4.69, 9.17) is 0 Å². The van der Waals surface area contributed by atoms with E-state index in [2.05, 4.69) is 23.2 Å². The van der Waals surface area contributed by atoms with E-state index in [0.717, 1.165) is 0 Å². The van der Waals surface area contributed by atoms with Crippen LogP contribution in [0.25, 0.3) is 17.0 Å². The van der Waals surface area contributed by atoms with Gasteiger partial charge in [-0.15, -0.1) is 0 Å². The van der Waals surface area contributed by atoms with Gasteiger partial charge in [-0.25, -0.2) is 0 Å². The molecule has 59 valence electrons. The predicted molar refractivity (Wildman–Crippen MR) is 51.7 cm³/mol. The zero-order chi connectivity index (χ0) is 8.39. The number of aromatic nitrogens is 1. The Morgan fingerprint density at radius 2 is 2.17 bits per heavy atom. The summed E-state index contributed by atoms with van der Waals surface area (Å²) in [6.45, 7) is 1.90. The highest BCUT2D eigenvalue weighted by Crippen LogP contribution is 2.18. The Balaban J connectivity index is 2.70. The summed E-state index contributed by atoms with van der Waals surface area (Å²) in [6, 6.07) is 8.25. The second kappa shape index (κ2) is 2.86. The number of aromatic amines is 1. The van der Waals surface area contributed by atoms with Crippen molar-refractivity contribution in [1.29, 1.82) is 0 Å². The van der Waals surface area contributed by atoms with Crippen molar-refractivity contribution in [3.05, 3.63) is 42.1 Å². The van der Waals surface area contributed by atoms with Gasteiger partial charge in [-0.2, -0.15) is 0 Å². The molecule has 12 heavy (non-hydrogen) atoms. The van der Waals surface area contributed by atoms with Crippen LogP contribution in [0.1, 0.15) is 12.5 Å². The van der Waals surface area contributed by atoms with Crippen LogP contribution >= 0.6 is 0 Å². The summed E-state index contributed by atoms with van der Waals surface area (Å²) < 4.78 is 0. The predicted octanol–water partition coefficient (Wildman–Crippen LogP) is 3.00. The molecule has 0 aliphatic rings. The molecule has 0 bridgehead atoms. The van der Waals surface area contributed by atoms with E-state index in [0.29, 0.717) is 0 Å². The molecule has 0 unspecified atom stereocenters. The zero-order valence-corrected chi connectivity index (χ0v) is 6.96. The summed E-state index contributed by atoms with van der Waals surface area (Å²) in [5, 5.41) is 1.26. The minimum atomic E-state index is 1.18. The van der Waals surface area contributed by atoms with Gasteiger partial charge in [0.25, 0.3) is 0 Å². The Morgan fingerprint density at radius 1 is 1.33 bits per heavy atom. The molecule has 1 aromatic carbocycles. The molecule has 1 heterocycles. The normalized spacial score (nSPS) is 11.4. The number of H-pyrrole nitrogens is 1. The Bertz CT molecular complexity index is 410. The third kappa shape index (κ3) is 1.03. The summed E-state index contributed by atoms with van der Waals surface area (Å²) in [4.78, 5) is 3.20. The van der Waals surface area contributed by atoms with Crippen LogP contribution in [-0.2, 0) is 0 Å². The molecular formula is C11H10N. The van der Waals surface area contributed by atoms with Gasteiger partial charge < -0.3 is 4.98 Å². The average molecular weight is 156 g/mol. The topological polar surface area (TPSA) is 15.8 Å². The lowest BCUT2D eigenvalue weighted by molar-refractivity contribution is 1.47. The second-order valence-corrected chi connectivity index (χ2v) is 2.72. The Hall–Kier alpha value is -1.50. The lowest BCUT2D eigenvalue weighted by atomic mass is 10.2. The molecular weight excluding hydrogens is 146 g/mol. The Labute approximate surface area is 71.7 Å². The zero-order valence-electron chi connectivity index (χ0n) is 6.96. The van der Waals surface area contributed by atoms with Gasteiger partial charge in [0, 0.05) is 22.7 Å². The van der Waals surface area contributed by atoms with Crippen LogP contribution in [0.4, 0.5) is 0 Å². The van der Waals surface area contributed by atoms with Gasteiger partial charge in [-0.3, -0.25) is 0 Å². The number of allylic oxidation sites excluding steroid dienone is 1. The van der Waals surface area contributed by atoms with Crippen molar-refractivity contribution in [3.8, 4) is 0 Å². The first-order valence-corrected chi connectivity index (χ1v) is 3.98. The summed E-state index contributed by atoms with van der Waals surface area (Å²) in [5.74, 6) is 0. The van der Waals surface area contributed by atoms with Crippen molar-refractivity contribution in [2.75, 3.05) is 0 Å². The van der Waals surface area contributed by atoms with Gasteiger partial charge in [0.2, 0.25) is 0 Å². The number of rotatable bonds is 1. The second-order valence-electron chi connectivity index (χ2n) is 2.72. The molecule has 0 aliphatic heterocycles. The van der Waals surface area contributed by atoms with E-state index in [1.54, 1.807) is 0 Å². The van der Waals surface area contributed by atoms with E-state index in [1.807, 2.05) is 31.3 Å². The largest absolute Gasteiger partial charge is 0.361 e. The molecule has 1 N–H and O–H groups in total. The molecule has 0 atom stereocenters. The molecule has 0 saturated heterocycles. The monoisotopic (exact) mass is 156 g/mol. The van der Waals surface area contributed by atoms with E-state index >= 15 is 0 Å². The Kier molecular flexibility index (Phi) is 1.71. The first-order chi connectivity index (χ1) is 5.92. The van der Waals surface area contributed by atoms with Gasteiger partial charge >= 0.3 is 0 Å². The van der Waals surface area contributed by atoms with Crippen LogP contribution in [0.5, 0.6) is 0 Å². The van der Waals surface area contributed by atoms with E-state index in [9.17, 15) is 0 Å². The van der Waals surface area contributed by atoms with Gasteiger partial charge in [-0.05, 0) is 25.1 Å². The van der Waals surface area contributed by atoms with Gasteiger partial charge in [0.05, 0.1) is 0 Å². The first-order valence-electron chi connectivity index (χ1n) is 3.98. The summed E-state index contributed by atoms with van der Waals surface area (Å²) in [7, 11) is 0. The highest BCUT2D eigenvalue weighted by Gasteiger charge is 1.97. The maximum Gasteiger partial charge on any atom is 0.0460 e. The number of hydrogen-bond donors (Lipinski definition) is 1. The van der Waals surface area contributed by atoms with Crippen LogP contribution in [0.2, 0.25) is 0 Å². The van der Waals surface area contributed by atoms with Crippen molar-refractivity contribution in [1.82, 2.24) is 4.98 Å². The third-order valence-corrected chi connectivity index (χ3v) is 1.92. The number of benzene rings is 1. The standard InChI is InChI=1S/C11H10N/c1-2-5-9-8-12-11-7-4-3-6-10(9)11/h3-8,12H,1H3. The van der Waals surface area contributed by atoms with Crippen molar-refractivity contribution < 1.29 is 0 Å². The fraction of sp³-hybridized carbons (Fsp3) is 0.0909. The third-order valence-electron chi connectivity index (χ3n) is 1.92. The van der Waals surface area contributed by atoms with E-state index in [-0.39, 0.29) is 0 Å². The summed E-state index contributed by atoms with van der Waals surface area (Å²) >= 11 is 0. The molecule has 2 aromatic rings. The lowest BCUT2D eigenvalue weighted by Crippen LogP contribution is -1.66. The quantitative estimate of drug-likeness (QED) is 0.653. The van der Waals surface area contributed by atoms with Crippen LogP contribution in [0.3, 0.4) is 0 Å². The first kappa shape index (κ1) is 7.17. The van der Waals surface area contributed by atoms with Crippen molar-refractivity contribution >= 4 is 17.0 Å². The molecule has 2 rings (SSSR count). The smallest absolute Gasteiger partial charge is 0.0460 e. The van der Waals surface area contributed by atoms with Gasteiger partial charge in [0.15, 0.2) is 0 Å². The molecule has 0 spiro atoms. The van der Waals surface area contributed by atoms with E-state index < -0.39 is 0 Å². The van der Waals surface area contributed by atoms with Crippen LogP contribution in [0, 0.1) is 6.08 Å². The maximum atomic E-state index is 3.20. The van der Waals surface area contributed by atoms with Crippen LogP contribution in [-0.4, -0.2) is 4.98 Å². The van der Waals surface area contributed by atoms with Gasteiger partial charge in [-0.1, -0.05) is 18.2 Å². The summed E-state index contributed by atoms with van der Waals surface area (Å²) in [5.41, 5.74) is 2.38. The Morgan fingerprint density at radius 3 is 3.00 bits per heavy atom. The minimum Gasteiger partial charge on any atom is -0.361 e. The number of hydrogen-bond acceptors (Lipinski definition) is 0. The number of nitrogens with one attached hydrogen (secondary N) is 1. The van der Waals surface area contributed by atoms with E-state index in [1.165, 1.54) is 16.5 Å². The van der Waals surface area contributed by atoms with Crippen LogP contribution in [0.15, 0.2) is 30.5 Å². The highest BCUT2D eigenvalue weighted by molar-refractivity contribution is 5.88. The van der Waals surface area contributed by atoms with Crippen molar-refractivity contribution in [2.45, 2.75) is 6.92 Å². The molecule has 1 nitrogen and oxygen atoms in total. The van der Waals surface area contributed by atoms with Crippen molar-refractivity contribution in [2.24, 2.45) is 0 Å². The van der Waals surface area contributed by atoms with Crippen molar-refractivity contribution in [3.63, 3.8) is 0 Å². The minimum absolute atomic E-state index is 1.18. The van der Waals surface area contributed by atoms with Gasteiger partial charge in [0.1, 0.15) is 0 Å². The molecule has 1 aromatic heterocycles. The van der Waals surface area contributed by atoms with Crippen LogP contribution < -0.4 is 0 Å². The number of fused-ring (bicyclic) bond motifs is 1. The fourth-order valence-corrected chi connectivity index (χ4v) is 1.37. The maximum absolute atomic E-state index is 3.20. The molecule has 0 fully saturated rings. The summed E-state index contributed by atoms with van der Waals surface area (Å²) in [6.07, 6.45) is 7.00. The molecule has 0 aliphatic carbocycles. The molecule has 0 saturated carbocycles. The molecule has 1 heteroatoms. The average Bonchev–Trinajstić information content (AvgIpc) is 2.50. The molecule has 1 radical (unpaired) electrons.